The second-order valence-electron chi connectivity index (χ2n) is 2.04. The van der Waals surface area contributed by atoms with Gasteiger partial charge in [-0.15, -0.1) is 0 Å². The predicted octanol–water partition coefficient (Wildman–Crippen LogP) is 0.766. The highest BCUT2D eigenvalue weighted by Crippen LogP contribution is 1.98. The fourth-order valence-electron chi connectivity index (χ4n) is 0.685. The molecule has 1 aromatic rings. The Labute approximate surface area is 82.1 Å². The molecule has 0 bridgehead atoms. The van der Waals surface area contributed by atoms with Crippen LogP contribution in [0.15, 0.2) is 16.9 Å². The van der Waals surface area contributed by atoms with Crippen LogP contribution in [-0.4, -0.2) is 18.1 Å². The molecule has 5 heteroatoms. The van der Waals surface area contributed by atoms with Crippen LogP contribution >= 0.6 is 22.6 Å². The van der Waals surface area contributed by atoms with Gasteiger partial charge in [0.15, 0.2) is 0 Å². The van der Waals surface area contributed by atoms with Gasteiger partial charge in [-0.2, -0.15) is 0 Å². The molecule has 1 rings (SSSR count). The highest BCUT2D eigenvalue weighted by Gasteiger charge is 2.06. The summed E-state index contributed by atoms with van der Waals surface area (Å²) in [6, 6.07) is 3.07. The molecule has 0 aliphatic carbocycles. The number of aromatic amines is 1. The standard InChI is InChI=1S/C7H6INO3/c1-12-7(11)5-3-2-4(8)6(10)9-5/h2-3H,1H3,(H,9,10). The summed E-state index contributed by atoms with van der Waals surface area (Å²) >= 11 is 1.88. The van der Waals surface area contributed by atoms with Gasteiger partial charge in [-0.3, -0.25) is 4.79 Å². The zero-order valence-corrected chi connectivity index (χ0v) is 8.41. The van der Waals surface area contributed by atoms with Gasteiger partial charge in [0.05, 0.1) is 10.7 Å². The van der Waals surface area contributed by atoms with Crippen LogP contribution in [0.4, 0.5) is 0 Å². The average molecular weight is 279 g/mol. The van der Waals surface area contributed by atoms with E-state index in [1.165, 1.54) is 13.2 Å². The zero-order chi connectivity index (χ0) is 9.14. The Kier molecular flexibility index (Phi) is 2.85. The van der Waals surface area contributed by atoms with Gasteiger partial charge in [0.2, 0.25) is 0 Å². The smallest absolute Gasteiger partial charge is 0.354 e. The Morgan fingerprint density at radius 3 is 2.75 bits per heavy atom. The number of H-pyrrole nitrogens is 1. The third-order valence-electron chi connectivity index (χ3n) is 1.27. The topological polar surface area (TPSA) is 59.2 Å². The SMILES string of the molecule is COC(=O)c1ccc(I)c(=O)[nH]1. The first-order valence-corrected chi connectivity index (χ1v) is 4.20. The fourth-order valence-corrected chi connectivity index (χ4v) is 1.000. The van der Waals surface area contributed by atoms with Crippen molar-refractivity contribution in [3.05, 3.63) is 31.8 Å². The molecule has 0 atom stereocenters. The third-order valence-corrected chi connectivity index (χ3v) is 2.12. The summed E-state index contributed by atoms with van der Waals surface area (Å²) in [5.41, 5.74) is -0.110. The largest absolute Gasteiger partial charge is 0.464 e. The first kappa shape index (κ1) is 9.24. The minimum absolute atomic E-state index is 0.169. The summed E-state index contributed by atoms with van der Waals surface area (Å²) in [5.74, 6) is -0.538. The molecular weight excluding hydrogens is 273 g/mol. The van der Waals surface area contributed by atoms with Crippen LogP contribution in [0.5, 0.6) is 0 Å². The number of rotatable bonds is 1. The van der Waals surface area contributed by atoms with Crippen molar-refractivity contribution in [2.45, 2.75) is 0 Å². The normalized spacial score (nSPS) is 9.50. The number of hydrogen-bond acceptors (Lipinski definition) is 3. The van der Waals surface area contributed by atoms with E-state index in [1.54, 1.807) is 6.07 Å². The molecule has 64 valence electrons. The average Bonchev–Trinajstić information content (AvgIpc) is 2.08. The van der Waals surface area contributed by atoms with E-state index in [9.17, 15) is 9.59 Å². The molecule has 1 N–H and O–H groups in total. The Morgan fingerprint density at radius 2 is 2.25 bits per heavy atom. The second kappa shape index (κ2) is 3.70. The number of carbonyl (C=O) groups excluding carboxylic acids is 1. The Bertz CT molecular complexity index is 358. The van der Waals surface area contributed by atoms with Gasteiger partial charge in [-0.25, -0.2) is 4.79 Å². The van der Waals surface area contributed by atoms with E-state index in [0.717, 1.165) is 0 Å². The van der Waals surface area contributed by atoms with Gasteiger partial charge in [0.25, 0.3) is 5.56 Å². The minimum Gasteiger partial charge on any atom is -0.464 e. The maximum atomic E-state index is 11.0. The predicted molar refractivity (Wildman–Crippen MR) is 51.1 cm³/mol. The molecule has 4 nitrogen and oxygen atoms in total. The number of hydrogen-bond donors (Lipinski definition) is 1. The molecule has 0 aliphatic heterocycles. The number of esters is 1. The van der Waals surface area contributed by atoms with Crippen molar-refractivity contribution in [1.82, 2.24) is 4.98 Å². The molecule has 0 saturated carbocycles. The maximum absolute atomic E-state index is 11.0. The van der Waals surface area contributed by atoms with Crippen LogP contribution in [0, 0.1) is 3.57 Å². The lowest BCUT2D eigenvalue weighted by Gasteiger charge is -1.97. The van der Waals surface area contributed by atoms with E-state index in [2.05, 4.69) is 9.72 Å². The highest BCUT2D eigenvalue weighted by molar-refractivity contribution is 14.1. The molecule has 0 aromatic carbocycles. The number of aromatic nitrogens is 1. The number of carbonyl (C=O) groups is 1. The zero-order valence-electron chi connectivity index (χ0n) is 6.26. The van der Waals surface area contributed by atoms with E-state index in [4.69, 9.17) is 0 Å². The van der Waals surface area contributed by atoms with E-state index < -0.39 is 5.97 Å². The van der Waals surface area contributed by atoms with E-state index >= 15 is 0 Å². The van der Waals surface area contributed by atoms with Crippen molar-refractivity contribution in [3.63, 3.8) is 0 Å². The number of methoxy groups -OCH3 is 1. The molecule has 0 amide bonds. The molecule has 0 aliphatic rings. The molecular formula is C7H6INO3. The first-order valence-electron chi connectivity index (χ1n) is 3.12. The van der Waals surface area contributed by atoms with Crippen LogP contribution in [0.25, 0.3) is 0 Å². The van der Waals surface area contributed by atoms with Crippen molar-refractivity contribution in [2.75, 3.05) is 7.11 Å². The molecule has 0 radical (unpaired) electrons. The number of ether oxygens (including phenoxy) is 1. The van der Waals surface area contributed by atoms with Gasteiger partial charge in [-0.1, -0.05) is 0 Å². The molecule has 0 spiro atoms. The van der Waals surface area contributed by atoms with Gasteiger partial charge in [-0.05, 0) is 34.7 Å². The Hall–Kier alpha value is -0.850. The van der Waals surface area contributed by atoms with E-state index in [-0.39, 0.29) is 11.3 Å². The van der Waals surface area contributed by atoms with Crippen LogP contribution in [0.1, 0.15) is 10.5 Å². The van der Waals surface area contributed by atoms with Crippen LogP contribution in [0.3, 0.4) is 0 Å². The lowest BCUT2D eigenvalue weighted by atomic mass is 10.3. The van der Waals surface area contributed by atoms with Crippen molar-refractivity contribution in [3.8, 4) is 0 Å². The summed E-state index contributed by atoms with van der Waals surface area (Å²) in [7, 11) is 1.26. The van der Waals surface area contributed by atoms with Crippen molar-refractivity contribution < 1.29 is 9.53 Å². The Morgan fingerprint density at radius 1 is 1.58 bits per heavy atom. The van der Waals surface area contributed by atoms with Gasteiger partial charge < -0.3 is 9.72 Å². The Balaban J connectivity index is 3.13. The van der Waals surface area contributed by atoms with Crippen molar-refractivity contribution >= 4 is 28.6 Å². The molecule has 1 aromatic heterocycles. The molecule has 12 heavy (non-hydrogen) atoms. The lowest BCUT2D eigenvalue weighted by molar-refractivity contribution is 0.0593. The van der Waals surface area contributed by atoms with Gasteiger partial charge >= 0.3 is 5.97 Å². The van der Waals surface area contributed by atoms with E-state index in [0.29, 0.717) is 3.57 Å². The number of pyridine rings is 1. The number of halogens is 1. The summed E-state index contributed by atoms with van der Waals surface area (Å²) in [6.07, 6.45) is 0. The molecule has 1 heterocycles. The lowest BCUT2D eigenvalue weighted by Crippen LogP contribution is -2.15. The van der Waals surface area contributed by atoms with Crippen molar-refractivity contribution in [2.24, 2.45) is 0 Å². The van der Waals surface area contributed by atoms with Crippen molar-refractivity contribution in [1.29, 1.82) is 0 Å². The third kappa shape index (κ3) is 1.84. The quantitative estimate of drug-likeness (QED) is 0.610. The van der Waals surface area contributed by atoms with Crippen LogP contribution in [-0.2, 0) is 4.74 Å². The summed E-state index contributed by atoms with van der Waals surface area (Å²) in [4.78, 5) is 24.3. The molecule has 0 unspecified atom stereocenters. The maximum Gasteiger partial charge on any atom is 0.354 e. The monoisotopic (exact) mass is 279 g/mol. The summed E-state index contributed by atoms with van der Waals surface area (Å²) < 4.78 is 4.96. The summed E-state index contributed by atoms with van der Waals surface area (Å²) in [6.45, 7) is 0. The van der Waals surface area contributed by atoms with Crippen LogP contribution < -0.4 is 5.56 Å². The second-order valence-corrected chi connectivity index (χ2v) is 3.20. The minimum atomic E-state index is -0.538. The number of nitrogens with one attached hydrogen (secondary N) is 1. The first-order chi connectivity index (χ1) is 5.65. The van der Waals surface area contributed by atoms with Gasteiger partial charge in [0, 0.05) is 0 Å². The van der Waals surface area contributed by atoms with E-state index in [1.807, 2.05) is 22.6 Å². The molecule has 0 saturated heterocycles. The molecule has 0 fully saturated rings. The summed E-state index contributed by atoms with van der Waals surface area (Å²) in [5, 5.41) is 0. The highest BCUT2D eigenvalue weighted by atomic mass is 127. The fraction of sp³-hybridized carbons (Fsp3) is 0.143. The van der Waals surface area contributed by atoms with Gasteiger partial charge in [0.1, 0.15) is 5.69 Å². The van der Waals surface area contributed by atoms with Crippen LogP contribution in [0.2, 0.25) is 0 Å².